The maximum atomic E-state index is 10.5. The molecule has 1 aliphatic rings. The van der Waals surface area contributed by atoms with Crippen LogP contribution in [-0.2, 0) is 9.63 Å². The number of rotatable bonds is 1. The monoisotopic (exact) mass is 201 g/mol. The Morgan fingerprint density at radius 2 is 2.07 bits per heavy atom. The fourth-order valence-electron chi connectivity index (χ4n) is 1.23. The maximum Gasteiger partial charge on any atom is 0.156 e. The Labute approximate surface area is 82.5 Å². The minimum atomic E-state index is -1.20. The fraction of sp³-hybridized carbons (Fsp3) is 0.778. The molecule has 2 unspecified atom stereocenters. The number of aliphatic hydroxyl groups excluding tert-OH is 2. The average molecular weight is 201 g/mol. The van der Waals surface area contributed by atoms with E-state index in [0.717, 1.165) is 0 Å². The van der Waals surface area contributed by atoms with Gasteiger partial charge in [-0.2, -0.15) is 0 Å². The first kappa shape index (κ1) is 11.2. The zero-order valence-corrected chi connectivity index (χ0v) is 8.52. The summed E-state index contributed by atoms with van der Waals surface area (Å²) >= 11 is 0. The van der Waals surface area contributed by atoms with Gasteiger partial charge >= 0.3 is 0 Å². The minimum absolute atomic E-state index is 0.0487. The Hall–Kier alpha value is -0.870. The third-order valence-electron chi connectivity index (χ3n) is 1.75. The lowest BCUT2D eigenvalue weighted by atomic mass is 10.2. The highest BCUT2D eigenvalue weighted by molar-refractivity contribution is 5.54. The summed E-state index contributed by atoms with van der Waals surface area (Å²) in [4.78, 5) is 15.9. The molecule has 80 valence electrons. The number of nitrogens with zero attached hydrogens (tertiary/aromatic N) is 1. The Balaban J connectivity index is 2.77. The van der Waals surface area contributed by atoms with E-state index in [1.807, 2.05) is 20.8 Å². The molecule has 1 aliphatic heterocycles. The molecule has 0 radical (unpaired) electrons. The van der Waals surface area contributed by atoms with Crippen LogP contribution in [0, 0.1) is 0 Å². The van der Waals surface area contributed by atoms with E-state index < -0.39 is 17.8 Å². The molecule has 0 spiro atoms. The van der Waals surface area contributed by atoms with Gasteiger partial charge in [0.1, 0.15) is 12.2 Å². The number of hydrogen-bond donors (Lipinski definition) is 2. The third kappa shape index (κ3) is 2.33. The summed E-state index contributed by atoms with van der Waals surface area (Å²) in [6.45, 7) is 5.52. The highest BCUT2D eigenvalue weighted by Crippen LogP contribution is 2.24. The molecule has 1 heterocycles. The molecule has 0 saturated carbocycles. The lowest BCUT2D eigenvalue weighted by Crippen LogP contribution is -2.32. The predicted molar refractivity (Wildman–Crippen MR) is 48.8 cm³/mol. The SMILES string of the molecule is CC(C)(C)ON1CC(O)C(O)C1=C=O. The van der Waals surface area contributed by atoms with Gasteiger partial charge in [0.25, 0.3) is 0 Å². The highest BCUT2D eigenvalue weighted by Gasteiger charge is 2.38. The molecule has 5 heteroatoms. The van der Waals surface area contributed by atoms with Gasteiger partial charge in [0.15, 0.2) is 11.6 Å². The smallest absolute Gasteiger partial charge is 0.156 e. The van der Waals surface area contributed by atoms with Crippen molar-refractivity contribution in [2.24, 2.45) is 0 Å². The quantitative estimate of drug-likeness (QED) is 0.558. The zero-order valence-electron chi connectivity index (χ0n) is 8.52. The topological polar surface area (TPSA) is 70.0 Å². The molecule has 0 bridgehead atoms. The first-order valence-corrected chi connectivity index (χ1v) is 4.43. The van der Waals surface area contributed by atoms with E-state index in [4.69, 9.17) is 4.84 Å². The van der Waals surface area contributed by atoms with E-state index in [0.29, 0.717) is 0 Å². The van der Waals surface area contributed by atoms with Gasteiger partial charge in [-0.25, -0.2) is 9.86 Å². The molecule has 0 aromatic heterocycles. The Morgan fingerprint density at radius 1 is 1.50 bits per heavy atom. The number of β-amino-alcohol motifs (C(OH)–C–C–N with tert-alkyl or cyclic N) is 1. The van der Waals surface area contributed by atoms with Crippen LogP contribution in [0.2, 0.25) is 0 Å². The van der Waals surface area contributed by atoms with Crippen molar-refractivity contribution in [1.82, 2.24) is 5.06 Å². The van der Waals surface area contributed by atoms with Crippen molar-refractivity contribution in [3.05, 3.63) is 5.70 Å². The minimum Gasteiger partial charge on any atom is -0.388 e. The van der Waals surface area contributed by atoms with Gasteiger partial charge in [0, 0.05) is 0 Å². The van der Waals surface area contributed by atoms with Crippen LogP contribution in [0.1, 0.15) is 20.8 Å². The highest BCUT2D eigenvalue weighted by atomic mass is 16.7. The van der Waals surface area contributed by atoms with Crippen LogP contribution in [-0.4, -0.2) is 45.6 Å². The zero-order chi connectivity index (χ0) is 10.9. The van der Waals surface area contributed by atoms with Gasteiger partial charge < -0.3 is 10.2 Å². The number of hydrogen-bond acceptors (Lipinski definition) is 5. The van der Waals surface area contributed by atoms with Gasteiger partial charge in [0.2, 0.25) is 0 Å². The van der Waals surface area contributed by atoms with Gasteiger partial charge in [-0.15, -0.1) is 0 Å². The van der Waals surface area contributed by atoms with Crippen LogP contribution in [0.5, 0.6) is 0 Å². The summed E-state index contributed by atoms with van der Waals surface area (Å²) in [6, 6.07) is 0. The van der Waals surface area contributed by atoms with E-state index in [1.54, 1.807) is 5.94 Å². The second kappa shape index (κ2) is 3.71. The third-order valence-corrected chi connectivity index (χ3v) is 1.75. The van der Waals surface area contributed by atoms with Crippen LogP contribution < -0.4 is 0 Å². The van der Waals surface area contributed by atoms with Crippen molar-refractivity contribution in [3.8, 4) is 0 Å². The Morgan fingerprint density at radius 3 is 2.50 bits per heavy atom. The van der Waals surface area contributed by atoms with Crippen LogP contribution in [0.15, 0.2) is 5.70 Å². The number of aliphatic hydroxyl groups is 2. The lowest BCUT2D eigenvalue weighted by molar-refractivity contribution is -0.202. The summed E-state index contributed by atoms with van der Waals surface area (Å²) in [7, 11) is 0. The van der Waals surface area contributed by atoms with E-state index in [9.17, 15) is 15.0 Å². The Kier molecular flexibility index (Phi) is 2.97. The molecule has 0 aromatic carbocycles. The van der Waals surface area contributed by atoms with Crippen LogP contribution in [0.3, 0.4) is 0 Å². The van der Waals surface area contributed by atoms with Gasteiger partial charge in [0.05, 0.1) is 12.1 Å². The summed E-state index contributed by atoms with van der Waals surface area (Å²) in [5.74, 6) is 1.57. The molecule has 5 nitrogen and oxygen atoms in total. The van der Waals surface area contributed by atoms with Crippen molar-refractivity contribution in [2.75, 3.05) is 6.54 Å². The second-order valence-electron chi connectivity index (χ2n) is 4.26. The van der Waals surface area contributed by atoms with E-state index in [2.05, 4.69) is 0 Å². The molecular formula is C9H15NO4. The summed E-state index contributed by atoms with van der Waals surface area (Å²) in [5, 5.41) is 19.8. The molecule has 1 rings (SSSR count). The van der Waals surface area contributed by atoms with Crippen LogP contribution in [0.25, 0.3) is 0 Å². The van der Waals surface area contributed by atoms with Crippen molar-refractivity contribution in [1.29, 1.82) is 0 Å². The first-order chi connectivity index (χ1) is 6.35. The molecule has 0 aromatic rings. The van der Waals surface area contributed by atoms with Crippen molar-refractivity contribution < 1.29 is 19.8 Å². The fourth-order valence-corrected chi connectivity index (χ4v) is 1.23. The van der Waals surface area contributed by atoms with Gasteiger partial charge in [-0.1, -0.05) is 0 Å². The lowest BCUT2D eigenvalue weighted by Gasteiger charge is -2.27. The first-order valence-electron chi connectivity index (χ1n) is 4.43. The van der Waals surface area contributed by atoms with Crippen molar-refractivity contribution >= 4 is 5.94 Å². The molecular weight excluding hydrogens is 186 g/mol. The van der Waals surface area contributed by atoms with E-state index >= 15 is 0 Å². The predicted octanol–water partition coefficient (Wildman–Crippen LogP) is -0.531. The van der Waals surface area contributed by atoms with Crippen molar-refractivity contribution in [2.45, 2.75) is 38.6 Å². The molecule has 1 fully saturated rings. The van der Waals surface area contributed by atoms with Gasteiger partial charge in [-0.3, -0.25) is 4.84 Å². The summed E-state index contributed by atoms with van der Waals surface area (Å²) < 4.78 is 0. The average Bonchev–Trinajstić information content (AvgIpc) is 2.24. The normalized spacial score (nSPS) is 28.1. The molecule has 14 heavy (non-hydrogen) atoms. The molecule has 2 N–H and O–H groups in total. The molecule has 2 atom stereocenters. The van der Waals surface area contributed by atoms with Crippen molar-refractivity contribution in [3.63, 3.8) is 0 Å². The van der Waals surface area contributed by atoms with Crippen LogP contribution >= 0.6 is 0 Å². The van der Waals surface area contributed by atoms with E-state index in [1.165, 1.54) is 5.06 Å². The molecule has 1 saturated heterocycles. The molecule has 0 aliphatic carbocycles. The second-order valence-corrected chi connectivity index (χ2v) is 4.26. The number of hydroxylamine groups is 2. The summed E-state index contributed by atoms with van der Waals surface area (Å²) in [6.07, 6.45) is -2.19. The largest absolute Gasteiger partial charge is 0.388 e. The maximum absolute atomic E-state index is 10.5. The number of carbonyl (C=O) groups excluding carboxylic acids is 1. The van der Waals surface area contributed by atoms with E-state index in [-0.39, 0.29) is 12.2 Å². The Bertz CT molecular complexity index is 264. The van der Waals surface area contributed by atoms with Gasteiger partial charge in [-0.05, 0) is 20.8 Å². The standard InChI is InChI=1S/C9H15NO4/c1-9(2,3)14-10-4-7(12)8(13)6(10)5-11/h7-8,12-13H,4H2,1-3H3. The van der Waals surface area contributed by atoms with Crippen LogP contribution in [0.4, 0.5) is 0 Å². The summed E-state index contributed by atoms with van der Waals surface area (Å²) in [5.41, 5.74) is -0.529. The molecule has 0 amide bonds.